The quantitative estimate of drug-likeness (QED) is 0.490. The molecule has 10 heavy (non-hydrogen) atoms. The summed E-state index contributed by atoms with van der Waals surface area (Å²) in [6, 6.07) is 0.303. The Morgan fingerprint density at radius 1 is 1.60 bits per heavy atom. The largest absolute Gasteiger partial charge is 0.395 e. The molecule has 0 aromatic carbocycles. The molecule has 1 rings (SSSR count). The standard InChI is InChI=1S/C7H15NO2/c1-2-5-3-7(10)6(4-9)8-5/h5-10H,2-4H2,1H3/t5-,6+,7-/m0/s1. The lowest BCUT2D eigenvalue weighted by Gasteiger charge is -2.10. The van der Waals surface area contributed by atoms with Gasteiger partial charge >= 0.3 is 0 Å². The molecule has 3 N–H and O–H groups in total. The highest BCUT2D eigenvalue weighted by atomic mass is 16.3. The molecule has 0 bridgehead atoms. The summed E-state index contributed by atoms with van der Waals surface area (Å²) in [5.74, 6) is 0. The first-order valence-electron chi connectivity index (χ1n) is 3.83. The third-order valence-corrected chi connectivity index (χ3v) is 2.13. The molecule has 0 aliphatic carbocycles. The van der Waals surface area contributed by atoms with Crippen LogP contribution in [0.25, 0.3) is 0 Å². The number of hydrogen-bond acceptors (Lipinski definition) is 3. The van der Waals surface area contributed by atoms with Crippen LogP contribution in [-0.2, 0) is 0 Å². The molecule has 0 amide bonds. The lowest BCUT2D eigenvalue weighted by molar-refractivity contribution is 0.121. The van der Waals surface area contributed by atoms with E-state index in [0.717, 1.165) is 12.8 Å². The molecule has 60 valence electrons. The molecule has 3 atom stereocenters. The maximum absolute atomic E-state index is 9.27. The van der Waals surface area contributed by atoms with Gasteiger partial charge < -0.3 is 15.5 Å². The second-order valence-corrected chi connectivity index (χ2v) is 2.86. The first kappa shape index (κ1) is 7.98. The molecule has 0 radical (unpaired) electrons. The minimum Gasteiger partial charge on any atom is -0.395 e. The minimum absolute atomic E-state index is 0.0394. The van der Waals surface area contributed by atoms with E-state index in [1.165, 1.54) is 0 Å². The molecule has 3 heteroatoms. The summed E-state index contributed by atoms with van der Waals surface area (Å²) in [6.07, 6.45) is 1.45. The summed E-state index contributed by atoms with van der Waals surface area (Å²) in [6.45, 7) is 2.11. The van der Waals surface area contributed by atoms with Crippen LogP contribution < -0.4 is 5.32 Å². The first-order chi connectivity index (χ1) is 4.77. The van der Waals surface area contributed by atoms with E-state index in [2.05, 4.69) is 12.2 Å². The fourth-order valence-electron chi connectivity index (χ4n) is 1.40. The van der Waals surface area contributed by atoms with Gasteiger partial charge in [0, 0.05) is 6.04 Å². The average Bonchev–Trinajstić information content (AvgIpc) is 2.30. The third-order valence-electron chi connectivity index (χ3n) is 2.13. The van der Waals surface area contributed by atoms with Gasteiger partial charge in [0.25, 0.3) is 0 Å². The van der Waals surface area contributed by atoms with Gasteiger partial charge in [-0.05, 0) is 12.8 Å². The normalized spacial score (nSPS) is 40.5. The monoisotopic (exact) mass is 145 g/mol. The molecule has 1 heterocycles. The van der Waals surface area contributed by atoms with Crippen molar-refractivity contribution in [2.45, 2.75) is 38.0 Å². The summed E-state index contributed by atoms with van der Waals surface area (Å²) in [7, 11) is 0. The maximum atomic E-state index is 9.27. The second-order valence-electron chi connectivity index (χ2n) is 2.86. The molecule has 1 saturated heterocycles. The smallest absolute Gasteiger partial charge is 0.0730 e. The summed E-state index contributed by atoms with van der Waals surface area (Å²) in [5, 5.41) is 21.1. The lowest BCUT2D eigenvalue weighted by Crippen LogP contribution is -2.36. The Labute approximate surface area is 61.1 Å². The van der Waals surface area contributed by atoms with Crippen molar-refractivity contribution in [2.24, 2.45) is 0 Å². The van der Waals surface area contributed by atoms with Crippen LogP contribution in [0.15, 0.2) is 0 Å². The Bertz CT molecular complexity index is 108. The van der Waals surface area contributed by atoms with Crippen LogP contribution in [0.2, 0.25) is 0 Å². The van der Waals surface area contributed by atoms with Crippen LogP contribution in [0.5, 0.6) is 0 Å². The number of nitrogens with one attached hydrogen (secondary N) is 1. The van der Waals surface area contributed by atoms with E-state index in [4.69, 9.17) is 5.11 Å². The second kappa shape index (κ2) is 3.32. The predicted molar refractivity (Wildman–Crippen MR) is 38.7 cm³/mol. The zero-order valence-electron chi connectivity index (χ0n) is 6.25. The van der Waals surface area contributed by atoms with Crippen molar-refractivity contribution >= 4 is 0 Å². The van der Waals surface area contributed by atoms with E-state index in [9.17, 15) is 5.11 Å². The molecule has 0 aromatic rings. The Balaban J connectivity index is 2.36. The molecule has 1 fully saturated rings. The molecular weight excluding hydrogens is 130 g/mol. The SMILES string of the molecule is CC[C@H]1C[C@H](O)[C@@H](CO)N1. The third kappa shape index (κ3) is 1.48. The first-order valence-corrected chi connectivity index (χ1v) is 3.83. The van der Waals surface area contributed by atoms with Crippen molar-refractivity contribution in [3.63, 3.8) is 0 Å². The van der Waals surface area contributed by atoms with Crippen molar-refractivity contribution in [2.75, 3.05) is 6.61 Å². The Morgan fingerprint density at radius 3 is 2.60 bits per heavy atom. The van der Waals surface area contributed by atoms with Gasteiger partial charge in [0.05, 0.1) is 18.8 Å². The van der Waals surface area contributed by atoms with Crippen LogP contribution in [0, 0.1) is 0 Å². The average molecular weight is 145 g/mol. The molecule has 0 saturated carbocycles. The van der Waals surface area contributed by atoms with Gasteiger partial charge in [-0.25, -0.2) is 0 Å². The van der Waals surface area contributed by atoms with Gasteiger partial charge in [-0.2, -0.15) is 0 Å². The zero-order valence-corrected chi connectivity index (χ0v) is 6.25. The molecule has 0 spiro atoms. The van der Waals surface area contributed by atoms with E-state index in [1.54, 1.807) is 0 Å². The van der Waals surface area contributed by atoms with Crippen LogP contribution in [0.3, 0.4) is 0 Å². The van der Waals surface area contributed by atoms with Crippen LogP contribution in [-0.4, -0.2) is 35.0 Å². The number of aliphatic hydroxyl groups excluding tert-OH is 2. The van der Waals surface area contributed by atoms with Gasteiger partial charge in [-0.3, -0.25) is 0 Å². The lowest BCUT2D eigenvalue weighted by atomic mass is 10.1. The Kier molecular flexibility index (Phi) is 2.65. The van der Waals surface area contributed by atoms with Crippen molar-refractivity contribution in [3.8, 4) is 0 Å². The summed E-state index contributed by atoms with van der Waals surface area (Å²) in [5.41, 5.74) is 0. The van der Waals surface area contributed by atoms with E-state index in [0.29, 0.717) is 6.04 Å². The van der Waals surface area contributed by atoms with E-state index in [-0.39, 0.29) is 18.8 Å². The van der Waals surface area contributed by atoms with Gasteiger partial charge in [0.2, 0.25) is 0 Å². The van der Waals surface area contributed by atoms with Crippen LogP contribution in [0.4, 0.5) is 0 Å². The summed E-state index contributed by atoms with van der Waals surface area (Å²) < 4.78 is 0. The molecule has 0 unspecified atom stereocenters. The zero-order chi connectivity index (χ0) is 7.56. The fraction of sp³-hybridized carbons (Fsp3) is 1.00. The Morgan fingerprint density at radius 2 is 2.30 bits per heavy atom. The van der Waals surface area contributed by atoms with Gasteiger partial charge in [0.1, 0.15) is 0 Å². The highest BCUT2D eigenvalue weighted by Gasteiger charge is 2.29. The maximum Gasteiger partial charge on any atom is 0.0730 e. The van der Waals surface area contributed by atoms with Gasteiger partial charge in [-0.15, -0.1) is 0 Å². The van der Waals surface area contributed by atoms with E-state index < -0.39 is 0 Å². The molecule has 1 aliphatic heterocycles. The topological polar surface area (TPSA) is 52.5 Å². The number of hydrogen-bond donors (Lipinski definition) is 3. The van der Waals surface area contributed by atoms with Crippen molar-refractivity contribution in [1.82, 2.24) is 5.32 Å². The fourth-order valence-corrected chi connectivity index (χ4v) is 1.40. The van der Waals surface area contributed by atoms with E-state index in [1.807, 2.05) is 0 Å². The van der Waals surface area contributed by atoms with Gasteiger partial charge in [-0.1, -0.05) is 6.92 Å². The minimum atomic E-state index is -0.352. The van der Waals surface area contributed by atoms with Crippen molar-refractivity contribution in [1.29, 1.82) is 0 Å². The summed E-state index contributed by atoms with van der Waals surface area (Å²) >= 11 is 0. The number of rotatable bonds is 2. The van der Waals surface area contributed by atoms with Crippen molar-refractivity contribution in [3.05, 3.63) is 0 Å². The van der Waals surface area contributed by atoms with Crippen molar-refractivity contribution < 1.29 is 10.2 Å². The van der Waals surface area contributed by atoms with Crippen LogP contribution >= 0.6 is 0 Å². The molecule has 1 aliphatic rings. The number of aliphatic hydroxyl groups is 2. The van der Waals surface area contributed by atoms with E-state index >= 15 is 0 Å². The molecular formula is C7H15NO2. The predicted octanol–water partition coefficient (Wildman–Crippen LogP) is -0.520. The highest BCUT2D eigenvalue weighted by molar-refractivity contribution is 4.89. The summed E-state index contributed by atoms with van der Waals surface area (Å²) in [4.78, 5) is 0. The van der Waals surface area contributed by atoms with Gasteiger partial charge in [0.15, 0.2) is 0 Å². The van der Waals surface area contributed by atoms with Crippen LogP contribution in [0.1, 0.15) is 19.8 Å². The highest BCUT2D eigenvalue weighted by Crippen LogP contribution is 2.14. The molecule has 3 nitrogen and oxygen atoms in total. The Hall–Kier alpha value is -0.120. The molecule has 0 aromatic heterocycles.